The molecule has 0 amide bonds. The van der Waals surface area contributed by atoms with Crippen LogP contribution in [0.5, 0.6) is 5.75 Å². The molecule has 4 heteroatoms. The number of ether oxygens (including phenoxy) is 1. The summed E-state index contributed by atoms with van der Waals surface area (Å²) in [5.74, 6) is 1.54. The highest BCUT2D eigenvalue weighted by molar-refractivity contribution is 5.48. The number of hydrogen-bond donors (Lipinski definition) is 1. The van der Waals surface area contributed by atoms with Gasteiger partial charge in [0.1, 0.15) is 11.5 Å². The lowest BCUT2D eigenvalue weighted by Gasteiger charge is -2.13. The van der Waals surface area contributed by atoms with E-state index in [1.54, 1.807) is 12.1 Å². The average Bonchev–Trinajstić information content (AvgIpc) is 2.76. The van der Waals surface area contributed by atoms with Gasteiger partial charge in [-0.15, -0.1) is 0 Å². The van der Waals surface area contributed by atoms with Gasteiger partial charge in [-0.2, -0.15) is 0 Å². The maximum absolute atomic E-state index is 13.5. The maximum atomic E-state index is 13.5. The minimum atomic E-state index is -0.384. The van der Waals surface area contributed by atoms with Gasteiger partial charge < -0.3 is 14.5 Å². The molecule has 2 aromatic rings. The van der Waals surface area contributed by atoms with Gasteiger partial charge in [-0.25, -0.2) is 4.39 Å². The molecule has 2 rings (SSSR count). The van der Waals surface area contributed by atoms with E-state index in [0.29, 0.717) is 5.69 Å². The van der Waals surface area contributed by atoms with Crippen molar-refractivity contribution in [1.82, 2.24) is 0 Å². The number of aryl methyl sites for hydroxylation is 1. The third-order valence-electron chi connectivity index (χ3n) is 2.72. The second kappa shape index (κ2) is 5.12. The zero-order valence-corrected chi connectivity index (χ0v) is 10.7. The predicted octanol–water partition coefficient (Wildman–Crippen LogP) is 3.91. The number of methoxy groups -OCH3 is 1. The van der Waals surface area contributed by atoms with Gasteiger partial charge in [0.25, 0.3) is 0 Å². The predicted molar refractivity (Wildman–Crippen MR) is 68.4 cm³/mol. The van der Waals surface area contributed by atoms with Gasteiger partial charge in [-0.1, -0.05) is 0 Å². The Kier molecular flexibility index (Phi) is 3.55. The quantitative estimate of drug-likeness (QED) is 0.892. The molecule has 0 aliphatic rings. The lowest BCUT2D eigenvalue weighted by Crippen LogP contribution is -2.05. The van der Waals surface area contributed by atoms with Crippen molar-refractivity contribution in [2.24, 2.45) is 0 Å². The van der Waals surface area contributed by atoms with E-state index >= 15 is 0 Å². The van der Waals surface area contributed by atoms with Gasteiger partial charge in [-0.3, -0.25) is 0 Å². The van der Waals surface area contributed by atoms with Crippen LogP contribution in [0.15, 0.2) is 34.7 Å². The molecule has 0 saturated carbocycles. The molecule has 0 radical (unpaired) electrons. The largest absolute Gasteiger partial charge is 0.494 e. The van der Waals surface area contributed by atoms with Crippen molar-refractivity contribution in [1.29, 1.82) is 0 Å². The first kappa shape index (κ1) is 12.5. The lowest BCUT2D eigenvalue weighted by atomic mass is 10.2. The van der Waals surface area contributed by atoms with Crippen molar-refractivity contribution < 1.29 is 13.5 Å². The smallest absolute Gasteiger partial charge is 0.167 e. The summed E-state index contributed by atoms with van der Waals surface area (Å²) in [4.78, 5) is 0. The summed E-state index contributed by atoms with van der Waals surface area (Å²) in [7, 11) is 1.44. The molecular formula is C14H16FNO2. The van der Waals surface area contributed by atoms with E-state index in [2.05, 4.69) is 5.32 Å². The second-order valence-electron chi connectivity index (χ2n) is 4.16. The minimum absolute atomic E-state index is 0.0218. The number of halogens is 1. The number of anilines is 1. The van der Waals surface area contributed by atoms with E-state index in [0.717, 1.165) is 11.5 Å². The highest BCUT2D eigenvalue weighted by Crippen LogP contribution is 2.25. The summed E-state index contributed by atoms with van der Waals surface area (Å²) in [5.41, 5.74) is 0.690. The van der Waals surface area contributed by atoms with Crippen LogP contribution in [0.3, 0.4) is 0 Å². The number of benzene rings is 1. The Morgan fingerprint density at radius 3 is 2.61 bits per heavy atom. The Bertz CT molecular complexity index is 536. The van der Waals surface area contributed by atoms with E-state index in [1.807, 2.05) is 26.0 Å². The van der Waals surface area contributed by atoms with Crippen LogP contribution in [0.1, 0.15) is 24.5 Å². The van der Waals surface area contributed by atoms with Crippen molar-refractivity contribution in [2.75, 3.05) is 12.4 Å². The SMILES string of the molecule is COc1ccc(NC(C)c2ccc(C)o2)cc1F. The summed E-state index contributed by atoms with van der Waals surface area (Å²) < 4.78 is 23.9. The van der Waals surface area contributed by atoms with Crippen LogP contribution in [0.4, 0.5) is 10.1 Å². The van der Waals surface area contributed by atoms with Gasteiger partial charge in [0.05, 0.1) is 13.2 Å². The number of hydrogen-bond acceptors (Lipinski definition) is 3. The molecule has 0 aliphatic carbocycles. The fourth-order valence-electron chi connectivity index (χ4n) is 1.76. The van der Waals surface area contributed by atoms with Crippen molar-refractivity contribution >= 4 is 5.69 Å². The molecule has 1 unspecified atom stereocenters. The molecule has 96 valence electrons. The Morgan fingerprint density at radius 1 is 1.28 bits per heavy atom. The molecule has 1 heterocycles. The highest BCUT2D eigenvalue weighted by atomic mass is 19.1. The fourth-order valence-corrected chi connectivity index (χ4v) is 1.76. The number of furan rings is 1. The standard InChI is InChI=1S/C14H16FNO2/c1-9-4-6-13(18-9)10(2)16-11-5-7-14(17-3)12(15)8-11/h4-8,10,16H,1-3H3. The normalized spacial score (nSPS) is 12.2. The van der Waals surface area contributed by atoms with Crippen LogP contribution in [-0.2, 0) is 0 Å². The Hall–Kier alpha value is -1.97. The van der Waals surface area contributed by atoms with Gasteiger partial charge >= 0.3 is 0 Å². The van der Waals surface area contributed by atoms with Crippen LogP contribution >= 0.6 is 0 Å². The first-order valence-corrected chi connectivity index (χ1v) is 5.76. The van der Waals surface area contributed by atoms with E-state index in [1.165, 1.54) is 13.2 Å². The topological polar surface area (TPSA) is 34.4 Å². The minimum Gasteiger partial charge on any atom is -0.494 e. The molecule has 1 aromatic carbocycles. The summed E-state index contributed by atoms with van der Waals surface area (Å²) in [5, 5.41) is 3.17. The van der Waals surface area contributed by atoms with Gasteiger partial charge in [0.2, 0.25) is 0 Å². The molecule has 0 aliphatic heterocycles. The molecule has 1 atom stereocenters. The third kappa shape index (κ3) is 2.64. The molecule has 0 saturated heterocycles. The molecular weight excluding hydrogens is 233 g/mol. The summed E-state index contributed by atoms with van der Waals surface area (Å²) in [6.45, 7) is 3.85. The van der Waals surface area contributed by atoms with Crippen LogP contribution in [0.25, 0.3) is 0 Å². The van der Waals surface area contributed by atoms with Crippen molar-refractivity contribution in [3.8, 4) is 5.75 Å². The molecule has 3 nitrogen and oxygen atoms in total. The second-order valence-corrected chi connectivity index (χ2v) is 4.16. The van der Waals surface area contributed by atoms with Crippen LogP contribution in [0.2, 0.25) is 0 Å². The Morgan fingerprint density at radius 2 is 2.06 bits per heavy atom. The Balaban J connectivity index is 2.12. The van der Waals surface area contributed by atoms with E-state index in [-0.39, 0.29) is 17.6 Å². The molecule has 0 fully saturated rings. The lowest BCUT2D eigenvalue weighted by molar-refractivity contribution is 0.386. The molecule has 0 bridgehead atoms. The molecule has 0 spiro atoms. The highest BCUT2D eigenvalue weighted by Gasteiger charge is 2.10. The van der Waals surface area contributed by atoms with Crippen molar-refractivity contribution in [3.63, 3.8) is 0 Å². The third-order valence-corrected chi connectivity index (χ3v) is 2.72. The van der Waals surface area contributed by atoms with Crippen LogP contribution in [-0.4, -0.2) is 7.11 Å². The van der Waals surface area contributed by atoms with E-state index < -0.39 is 0 Å². The first-order valence-electron chi connectivity index (χ1n) is 5.76. The number of rotatable bonds is 4. The number of nitrogens with one attached hydrogen (secondary N) is 1. The summed E-state index contributed by atoms with van der Waals surface area (Å²) in [6, 6.07) is 8.57. The summed E-state index contributed by atoms with van der Waals surface area (Å²) >= 11 is 0. The molecule has 1 aromatic heterocycles. The van der Waals surface area contributed by atoms with Gasteiger partial charge in [0.15, 0.2) is 11.6 Å². The van der Waals surface area contributed by atoms with Crippen LogP contribution < -0.4 is 10.1 Å². The fraction of sp³-hybridized carbons (Fsp3) is 0.286. The Labute approximate surface area is 106 Å². The van der Waals surface area contributed by atoms with E-state index in [4.69, 9.17) is 9.15 Å². The van der Waals surface area contributed by atoms with E-state index in [9.17, 15) is 4.39 Å². The van der Waals surface area contributed by atoms with Gasteiger partial charge in [-0.05, 0) is 38.1 Å². The average molecular weight is 249 g/mol. The van der Waals surface area contributed by atoms with Crippen molar-refractivity contribution in [2.45, 2.75) is 19.9 Å². The first-order chi connectivity index (χ1) is 8.60. The van der Waals surface area contributed by atoms with Crippen LogP contribution in [0, 0.1) is 12.7 Å². The summed E-state index contributed by atoms with van der Waals surface area (Å²) in [6.07, 6.45) is 0. The monoisotopic (exact) mass is 249 g/mol. The zero-order valence-electron chi connectivity index (χ0n) is 10.7. The maximum Gasteiger partial charge on any atom is 0.167 e. The van der Waals surface area contributed by atoms with Gasteiger partial charge in [0, 0.05) is 11.8 Å². The zero-order chi connectivity index (χ0) is 13.1. The molecule has 1 N–H and O–H groups in total. The molecule has 18 heavy (non-hydrogen) atoms. The van der Waals surface area contributed by atoms with Crippen molar-refractivity contribution in [3.05, 3.63) is 47.7 Å².